The molecule has 1 aliphatic heterocycles. The zero-order chi connectivity index (χ0) is 11.7. The molecule has 1 heterocycles. The first kappa shape index (κ1) is 11.2. The molecule has 1 aromatic carbocycles. The van der Waals surface area contributed by atoms with Gasteiger partial charge < -0.3 is 10.5 Å². The maximum atomic E-state index is 6.43. The summed E-state index contributed by atoms with van der Waals surface area (Å²) in [5, 5.41) is 0. The van der Waals surface area contributed by atoms with Gasteiger partial charge in [-0.15, -0.1) is 0 Å². The van der Waals surface area contributed by atoms with Crippen molar-refractivity contribution in [2.75, 3.05) is 13.2 Å². The van der Waals surface area contributed by atoms with Crippen LogP contribution in [-0.2, 0) is 4.74 Å². The van der Waals surface area contributed by atoms with Gasteiger partial charge >= 0.3 is 0 Å². The lowest BCUT2D eigenvalue weighted by atomic mass is 9.88. The van der Waals surface area contributed by atoms with Gasteiger partial charge in [-0.2, -0.15) is 0 Å². The molecule has 0 spiro atoms. The molecular weight excluding hydrogens is 210 g/mol. The summed E-state index contributed by atoms with van der Waals surface area (Å²) < 4.78 is 5.41. The standard InChI is InChI=1S/C15H21NO/c16-15(12-6-8-17-9-7-12)14-10-13(14)11-4-2-1-3-5-11/h1-5,12-15H,6-10,16H2. The van der Waals surface area contributed by atoms with Gasteiger partial charge in [0.2, 0.25) is 0 Å². The predicted molar refractivity (Wildman–Crippen MR) is 68.8 cm³/mol. The molecule has 1 saturated heterocycles. The van der Waals surface area contributed by atoms with Gasteiger partial charge in [0.1, 0.15) is 0 Å². The van der Waals surface area contributed by atoms with E-state index in [0.717, 1.165) is 26.1 Å². The minimum absolute atomic E-state index is 0.379. The quantitative estimate of drug-likeness (QED) is 0.867. The predicted octanol–water partition coefficient (Wildman–Crippen LogP) is 2.54. The summed E-state index contributed by atoms with van der Waals surface area (Å²) >= 11 is 0. The van der Waals surface area contributed by atoms with Crippen LogP contribution in [0.15, 0.2) is 30.3 Å². The Kier molecular flexibility index (Phi) is 3.17. The smallest absolute Gasteiger partial charge is 0.0469 e. The third kappa shape index (κ3) is 2.38. The Morgan fingerprint density at radius 2 is 1.82 bits per heavy atom. The van der Waals surface area contributed by atoms with Crippen molar-refractivity contribution in [3.63, 3.8) is 0 Å². The van der Waals surface area contributed by atoms with Gasteiger partial charge in [-0.3, -0.25) is 0 Å². The third-order valence-corrected chi connectivity index (χ3v) is 4.37. The van der Waals surface area contributed by atoms with Crippen LogP contribution in [0.5, 0.6) is 0 Å². The fourth-order valence-corrected chi connectivity index (χ4v) is 3.17. The minimum atomic E-state index is 0.379. The molecule has 2 heteroatoms. The molecule has 3 atom stereocenters. The molecular formula is C15H21NO. The van der Waals surface area contributed by atoms with E-state index in [4.69, 9.17) is 10.5 Å². The molecule has 0 amide bonds. The van der Waals surface area contributed by atoms with Crippen molar-refractivity contribution in [3.05, 3.63) is 35.9 Å². The first-order valence-corrected chi connectivity index (χ1v) is 6.74. The monoisotopic (exact) mass is 231 g/mol. The zero-order valence-electron chi connectivity index (χ0n) is 10.2. The van der Waals surface area contributed by atoms with Crippen LogP contribution in [0.2, 0.25) is 0 Å². The van der Waals surface area contributed by atoms with Crippen molar-refractivity contribution in [2.45, 2.75) is 31.2 Å². The highest BCUT2D eigenvalue weighted by Crippen LogP contribution is 2.51. The first-order valence-electron chi connectivity index (χ1n) is 6.74. The number of ether oxygens (including phenoxy) is 1. The second kappa shape index (κ2) is 4.79. The van der Waals surface area contributed by atoms with Gasteiger partial charge in [0.15, 0.2) is 0 Å². The van der Waals surface area contributed by atoms with Crippen LogP contribution in [0.3, 0.4) is 0 Å². The lowest BCUT2D eigenvalue weighted by Crippen LogP contribution is -2.36. The normalized spacial score (nSPS) is 31.1. The fraction of sp³-hybridized carbons (Fsp3) is 0.600. The molecule has 92 valence electrons. The maximum absolute atomic E-state index is 6.43. The maximum Gasteiger partial charge on any atom is 0.0469 e. The number of hydrogen-bond donors (Lipinski definition) is 1. The molecule has 1 saturated carbocycles. The summed E-state index contributed by atoms with van der Waals surface area (Å²) in [6, 6.07) is 11.2. The van der Waals surface area contributed by atoms with Crippen molar-refractivity contribution in [1.29, 1.82) is 0 Å². The summed E-state index contributed by atoms with van der Waals surface area (Å²) in [6.07, 6.45) is 3.58. The van der Waals surface area contributed by atoms with E-state index in [0.29, 0.717) is 23.8 Å². The van der Waals surface area contributed by atoms with Gasteiger partial charge in [-0.05, 0) is 42.6 Å². The van der Waals surface area contributed by atoms with E-state index in [1.54, 1.807) is 0 Å². The van der Waals surface area contributed by atoms with E-state index in [1.807, 2.05) is 0 Å². The van der Waals surface area contributed by atoms with Crippen LogP contribution in [-0.4, -0.2) is 19.3 Å². The molecule has 0 aromatic heterocycles. The van der Waals surface area contributed by atoms with Crippen LogP contribution in [0.1, 0.15) is 30.7 Å². The number of nitrogens with two attached hydrogens (primary N) is 1. The molecule has 17 heavy (non-hydrogen) atoms. The molecule has 0 bridgehead atoms. The third-order valence-electron chi connectivity index (χ3n) is 4.37. The Labute approximate surface area is 103 Å². The Bertz CT molecular complexity index is 358. The molecule has 0 radical (unpaired) electrons. The van der Waals surface area contributed by atoms with Crippen molar-refractivity contribution in [3.8, 4) is 0 Å². The van der Waals surface area contributed by atoms with Crippen molar-refractivity contribution < 1.29 is 4.74 Å². The first-order chi connectivity index (χ1) is 8.36. The average Bonchev–Trinajstić information content (AvgIpc) is 3.20. The largest absolute Gasteiger partial charge is 0.381 e. The fourth-order valence-electron chi connectivity index (χ4n) is 3.17. The van der Waals surface area contributed by atoms with E-state index in [1.165, 1.54) is 12.0 Å². The van der Waals surface area contributed by atoms with Crippen molar-refractivity contribution in [2.24, 2.45) is 17.6 Å². The van der Waals surface area contributed by atoms with Crippen LogP contribution in [0, 0.1) is 11.8 Å². The summed E-state index contributed by atoms with van der Waals surface area (Å²) in [5.74, 6) is 2.11. The van der Waals surface area contributed by atoms with Crippen molar-refractivity contribution in [1.82, 2.24) is 0 Å². The lowest BCUT2D eigenvalue weighted by molar-refractivity contribution is 0.0558. The van der Waals surface area contributed by atoms with E-state index in [9.17, 15) is 0 Å². The molecule has 2 N–H and O–H groups in total. The minimum Gasteiger partial charge on any atom is -0.381 e. The molecule has 2 aliphatic rings. The highest BCUT2D eigenvalue weighted by molar-refractivity contribution is 5.26. The molecule has 3 unspecified atom stereocenters. The molecule has 3 rings (SSSR count). The second-order valence-electron chi connectivity index (χ2n) is 5.44. The highest BCUT2D eigenvalue weighted by Gasteiger charge is 2.44. The topological polar surface area (TPSA) is 35.2 Å². The Hall–Kier alpha value is -0.860. The average molecular weight is 231 g/mol. The van der Waals surface area contributed by atoms with E-state index >= 15 is 0 Å². The van der Waals surface area contributed by atoms with E-state index < -0.39 is 0 Å². The van der Waals surface area contributed by atoms with Crippen LogP contribution < -0.4 is 5.73 Å². The van der Waals surface area contributed by atoms with Gasteiger partial charge in [0, 0.05) is 19.3 Å². The van der Waals surface area contributed by atoms with Crippen LogP contribution in [0.25, 0.3) is 0 Å². The second-order valence-corrected chi connectivity index (χ2v) is 5.44. The number of benzene rings is 1. The number of hydrogen-bond acceptors (Lipinski definition) is 2. The van der Waals surface area contributed by atoms with Gasteiger partial charge in [0.25, 0.3) is 0 Å². The molecule has 2 fully saturated rings. The van der Waals surface area contributed by atoms with Crippen LogP contribution >= 0.6 is 0 Å². The molecule has 1 aromatic rings. The van der Waals surface area contributed by atoms with E-state index in [-0.39, 0.29) is 0 Å². The zero-order valence-corrected chi connectivity index (χ0v) is 10.2. The Balaban J connectivity index is 1.60. The summed E-state index contributed by atoms with van der Waals surface area (Å²) in [4.78, 5) is 0. The molecule has 1 aliphatic carbocycles. The van der Waals surface area contributed by atoms with Crippen LogP contribution in [0.4, 0.5) is 0 Å². The van der Waals surface area contributed by atoms with Gasteiger partial charge in [0.05, 0.1) is 0 Å². The molecule has 2 nitrogen and oxygen atoms in total. The number of rotatable bonds is 3. The summed E-state index contributed by atoms with van der Waals surface area (Å²) in [7, 11) is 0. The van der Waals surface area contributed by atoms with Gasteiger partial charge in [-0.25, -0.2) is 0 Å². The lowest BCUT2D eigenvalue weighted by Gasteiger charge is -2.28. The Morgan fingerprint density at radius 3 is 2.53 bits per heavy atom. The summed E-state index contributed by atoms with van der Waals surface area (Å²) in [5.41, 5.74) is 7.90. The SMILES string of the molecule is NC(C1CCOCC1)C1CC1c1ccccc1. The highest BCUT2D eigenvalue weighted by atomic mass is 16.5. The Morgan fingerprint density at radius 1 is 1.12 bits per heavy atom. The van der Waals surface area contributed by atoms with Gasteiger partial charge in [-0.1, -0.05) is 30.3 Å². The van der Waals surface area contributed by atoms with E-state index in [2.05, 4.69) is 30.3 Å². The van der Waals surface area contributed by atoms with Crippen molar-refractivity contribution >= 4 is 0 Å². The summed E-state index contributed by atoms with van der Waals surface area (Å²) in [6.45, 7) is 1.81.